The molecule has 0 aliphatic carbocycles. The number of hydrogen-bond donors (Lipinski definition) is 1. The van der Waals surface area contributed by atoms with E-state index in [2.05, 4.69) is 15.2 Å². The topological polar surface area (TPSA) is 71.3 Å². The molecule has 1 N–H and O–H groups in total. The lowest BCUT2D eigenvalue weighted by atomic mass is 10.2. The number of pyridine rings is 1. The molecule has 6 heteroatoms. The van der Waals surface area contributed by atoms with Crippen LogP contribution in [0, 0.1) is 10.1 Å². The van der Waals surface area contributed by atoms with E-state index in [1.165, 1.54) is 18.3 Å². The highest BCUT2D eigenvalue weighted by Crippen LogP contribution is 2.15. The smallest absolute Gasteiger partial charge is 0.274 e. The van der Waals surface area contributed by atoms with Crippen LogP contribution in [0.5, 0.6) is 0 Å². The molecule has 0 fully saturated rings. The van der Waals surface area contributed by atoms with Crippen molar-refractivity contribution in [3.05, 3.63) is 28.4 Å². The van der Waals surface area contributed by atoms with Crippen molar-refractivity contribution in [3.63, 3.8) is 0 Å². The minimum atomic E-state index is -0.419. The summed E-state index contributed by atoms with van der Waals surface area (Å²) in [5.74, 6) is 0.547. The molecule has 0 bridgehead atoms. The molecule has 94 valence electrons. The monoisotopic (exact) mass is 238 g/mol. The lowest BCUT2D eigenvalue weighted by Crippen LogP contribution is -2.23. The van der Waals surface area contributed by atoms with Gasteiger partial charge < -0.3 is 10.2 Å². The standard InChI is InChI=1S/C11H18N4O2/c1-9(5-7-14(2)3)13-11-8-10(15(16)17)4-6-12-11/h4,6,8-9H,5,7H2,1-3H3,(H,12,13). The van der Waals surface area contributed by atoms with E-state index in [1.54, 1.807) is 0 Å². The SMILES string of the molecule is CC(CCN(C)C)Nc1cc([N+](=O)[O-])ccn1. The van der Waals surface area contributed by atoms with Crippen LogP contribution in [0.4, 0.5) is 11.5 Å². The van der Waals surface area contributed by atoms with Crippen molar-refractivity contribution in [1.82, 2.24) is 9.88 Å². The lowest BCUT2D eigenvalue weighted by Gasteiger charge is -2.16. The van der Waals surface area contributed by atoms with Crippen molar-refractivity contribution in [2.45, 2.75) is 19.4 Å². The van der Waals surface area contributed by atoms with Crippen molar-refractivity contribution in [3.8, 4) is 0 Å². The van der Waals surface area contributed by atoms with E-state index < -0.39 is 4.92 Å². The van der Waals surface area contributed by atoms with Crippen molar-refractivity contribution >= 4 is 11.5 Å². The summed E-state index contributed by atoms with van der Waals surface area (Å²) < 4.78 is 0. The van der Waals surface area contributed by atoms with Crippen LogP contribution in [0.1, 0.15) is 13.3 Å². The van der Waals surface area contributed by atoms with Gasteiger partial charge in [-0.15, -0.1) is 0 Å². The van der Waals surface area contributed by atoms with Crippen LogP contribution in [-0.4, -0.2) is 41.5 Å². The van der Waals surface area contributed by atoms with E-state index in [0.29, 0.717) is 5.82 Å². The average Bonchev–Trinajstić information content (AvgIpc) is 2.26. The number of nitrogens with one attached hydrogen (secondary N) is 1. The molecule has 0 amide bonds. The van der Waals surface area contributed by atoms with Crippen LogP contribution < -0.4 is 5.32 Å². The van der Waals surface area contributed by atoms with E-state index >= 15 is 0 Å². The normalized spacial score (nSPS) is 12.5. The van der Waals surface area contributed by atoms with Crippen molar-refractivity contribution in [1.29, 1.82) is 0 Å². The summed E-state index contributed by atoms with van der Waals surface area (Å²) in [5.41, 5.74) is 0.0577. The summed E-state index contributed by atoms with van der Waals surface area (Å²) in [5, 5.41) is 13.7. The maximum atomic E-state index is 10.6. The summed E-state index contributed by atoms with van der Waals surface area (Å²) in [7, 11) is 4.02. The number of hydrogen-bond acceptors (Lipinski definition) is 5. The number of nitrogens with zero attached hydrogens (tertiary/aromatic N) is 3. The summed E-state index contributed by atoms with van der Waals surface area (Å²) >= 11 is 0. The number of nitro groups is 1. The Balaban J connectivity index is 2.56. The van der Waals surface area contributed by atoms with Gasteiger partial charge in [0.15, 0.2) is 0 Å². The maximum Gasteiger partial charge on any atom is 0.274 e. The van der Waals surface area contributed by atoms with Gasteiger partial charge in [0.2, 0.25) is 0 Å². The van der Waals surface area contributed by atoms with Gasteiger partial charge in [0.25, 0.3) is 5.69 Å². The second kappa shape index (κ2) is 6.15. The number of rotatable bonds is 6. The highest BCUT2D eigenvalue weighted by atomic mass is 16.6. The summed E-state index contributed by atoms with van der Waals surface area (Å²) in [6.07, 6.45) is 2.40. The Morgan fingerprint density at radius 3 is 2.88 bits per heavy atom. The van der Waals surface area contributed by atoms with Crippen LogP contribution >= 0.6 is 0 Å². The largest absolute Gasteiger partial charge is 0.367 e. The Morgan fingerprint density at radius 2 is 2.29 bits per heavy atom. The molecule has 0 saturated heterocycles. The van der Waals surface area contributed by atoms with Gasteiger partial charge in [0.1, 0.15) is 5.82 Å². The predicted octanol–water partition coefficient (Wildman–Crippen LogP) is 1.74. The molecule has 1 unspecified atom stereocenters. The molecule has 0 spiro atoms. The first-order valence-electron chi connectivity index (χ1n) is 5.50. The first-order valence-corrected chi connectivity index (χ1v) is 5.50. The molecular formula is C11H18N4O2. The Bertz CT molecular complexity index is 381. The quantitative estimate of drug-likeness (QED) is 0.603. The average molecular weight is 238 g/mol. The predicted molar refractivity (Wildman–Crippen MR) is 67.1 cm³/mol. The van der Waals surface area contributed by atoms with Gasteiger partial charge in [0, 0.05) is 18.3 Å². The van der Waals surface area contributed by atoms with Gasteiger partial charge in [-0.2, -0.15) is 0 Å². The summed E-state index contributed by atoms with van der Waals surface area (Å²) in [4.78, 5) is 16.3. The zero-order chi connectivity index (χ0) is 12.8. The Labute approximate surface area is 101 Å². The van der Waals surface area contributed by atoms with Gasteiger partial charge in [-0.3, -0.25) is 10.1 Å². The molecule has 0 radical (unpaired) electrons. The zero-order valence-electron chi connectivity index (χ0n) is 10.4. The van der Waals surface area contributed by atoms with Crippen molar-refractivity contribution < 1.29 is 4.92 Å². The molecule has 1 aromatic rings. The Morgan fingerprint density at radius 1 is 1.59 bits per heavy atom. The second-order valence-electron chi connectivity index (χ2n) is 4.29. The molecule has 6 nitrogen and oxygen atoms in total. The molecule has 0 aliphatic rings. The Kier molecular flexibility index (Phi) is 4.84. The van der Waals surface area contributed by atoms with Crippen molar-refractivity contribution in [2.75, 3.05) is 26.0 Å². The maximum absolute atomic E-state index is 10.6. The molecule has 1 heterocycles. The summed E-state index contributed by atoms with van der Waals surface area (Å²) in [6, 6.07) is 3.06. The van der Waals surface area contributed by atoms with E-state index in [-0.39, 0.29) is 11.7 Å². The Hall–Kier alpha value is -1.69. The molecule has 17 heavy (non-hydrogen) atoms. The highest BCUT2D eigenvalue weighted by Gasteiger charge is 2.08. The van der Waals surface area contributed by atoms with E-state index in [1.807, 2.05) is 21.0 Å². The van der Waals surface area contributed by atoms with Crippen LogP contribution in [0.25, 0.3) is 0 Å². The zero-order valence-corrected chi connectivity index (χ0v) is 10.4. The number of aromatic nitrogens is 1. The van der Waals surface area contributed by atoms with Gasteiger partial charge in [0.05, 0.1) is 11.0 Å². The van der Waals surface area contributed by atoms with Gasteiger partial charge >= 0.3 is 0 Å². The van der Waals surface area contributed by atoms with Gasteiger partial charge in [-0.25, -0.2) is 4.98 Å². The fourth-order valence-corrected chi connectivity index (χ4v) is 1.39. The second-order valence-corrected chi connectivity index (χ2v) is 4.29. The van der Waals surface area contributed by atoms with Crippen LogP contribution in [0.15, 0.2) is 18.3 Å². The van der Waals surface area contributed by atoms with Crippen molar-refractivity contribution in [2.24, 2.45) is 0 Å². The number of anilines is 1. The third kappa shape index (κ3) is 4.78. The van der Waals surface area contributed by atoms with Crippen LogP contribution in [-0.2, 0) is 0 Å². The van der Waals surface area contributed by atoms with Gasteiger partial charge in [-0.05, 0) is 34.0 Å². The fourth-order valence-electron chi connectivity index (χ4n) is 1.39. The first kappa shape index (κ1) is 13.4. The molecule has 1 rings (SSSR count). The first-order chi connectivity index (χ1) is 7.99. The van der Waals surface area contributed by atoms with Gasteiger partial charge in [-0.1, -0.05) is 0 Å². The molecule has 0 saturated carbocycles. The minimum Gasteiger partial charge on any atom is -0.367 e. The molecule has 1 atom stereocenters. The van der Waals surface area contributed by atoms with E-state index in [4.69, 9.17) is 0 Å². The van der Waals surface area contributed by atoms with E-state index in [9.17, 15) is 10.1 Å². The highest BCUT2D eigenvalue weighted by molar-refractivity contribution is 5.44. The van der Waals surface area contributed by atoms with Crippen LogP contribution in [0.3, 0.4) is 0 Å². The lowest BCUT2D eigenvalue weighted by molar-refractivity contribution is -0.384. The molecule has 0 aromatic carbocycles. The fraction of sp³-hybridized carbons (Fsp3) is 0.545. The molecular weight excluding hydrogens is 220 g/mol. The summed E-state index contributed by atoms with van der Waals surface area (Å²) in [6.45, 7) is 2.99. The third-order valence-corrected chi connectivity index (χ3v) is 2.36. The molecule has 1 aromatic heterocycles. The van der Waals surface area contributed by atoms with Crippen LogP contribution in [0.2, 0.25) is 0 Å². The minimum absolute atomic E-state index is 0.0577. The third-order valence-electron chi connectivity index (χ3n) is 2.36. The molecule has 0 aliphatic heterocycles. The van der Waals surface area contributed by atoms with E-state index in [0.717, 1.165) is 13.0 Å².